The Morgan fingerprint density at radius 2 is 2.00 bits per heavy atom. The number of primary amides is 1. The number of nitrogens with two attached hydrogens (primary N) is 2. The SMILES string of the molecule is Cc1ccccc1N(N)C(N)=O. The summed E-state index contributed by atoms with van der Waals surface area (Å²) in [7, 11) is 0. The molecule has 4 heteroatoms. The maximum absolute atomic E-state index is 10.7. The molecule has 0 bridgehead atoms. The molecule has 0 unspecified atom stereocenters. The Morgan fingerprint density at radius 1 is 1.42 bits per heavy atom. The van der Waals surface area contributed by atoms with Gasteiger partial charge in [0.2, 0.25) is 0 Å². The number of anilines is 1. The van der Waals surface area contributed by atoms with Crippen molar-refractivity contribution < 1.29 is 4.79 Å². The molecule has 2 amide bonds. The van der Waals surface area contributed by atoms with Crippen molar-refractivity contribution in [2.24, 2.45) is 11.6 Å². The lowest BCUT2D eigenvalue weighted by molar-refractivity contribution is 0.254. The summed E-state index contributed by atoms with van der Waals surface area (Å²) in [4.78, 5) is 10.7. The van der Waals surface area contributed by atoms with Gasteiger partial charge in [0, 0.05) is 0 Å². The molecule has 0 fully saturated rings. The van der Waals surface area contributed by atoms with Gasteiger partial charge in [-0.15, -0.1) is 0 Å². The zero-order chi connectivity index (χ0) is 9.14. The minimum Gasteiger partial charge on any atom is -0.350 e. The third kappa shape index (κ3) is 1.54. The normalized spacial score (nSPS) is 9.50. The number of aryl methyl sites for hydroxylation is 1. The van der Waals surface area contributed by atoms with E-state index in [0.29, 0.717) is 5.69 Å². The first-order chi connectivity index (χ1) is 5.63. The van der Waals surface area contributed by atoms with Gasteiger partial charge >= 0.3 is 6.03 Å². The Hall–Kier alpha value is -1.55. The van der Waals surface area contributed by atoms with Crippen LogP contribution < -0.4 is 16.6 Å². The Labute approximate surface area is 70.7 Å². The summed E-state index contributed by atoms with van der Waals surface area (Å²) >= 11 is 0. The van der Waals surface area contributed by atoms with Crippen molar-refractivity contribution in [3.63, 3.8) is 0 Å². The van der Waals surface area contributed by atoms with Crippen molar-refractivity contribution in [1.29, 1.82) is 0 Å². The largest absolute Gasteiger partial charge is 0.350 e. The van der Waals surface area contributed by atoms with Crippen LogP contribution in [0.15, 0.2) is 24.3 Å². The van der Waals surface area contributed by atoms with Crippen LogP contribution in [0.1, 0.15) is 5.56 Å². The van der Waals surface area contributed by atoms with E-state index in [0.717, 1.165) is 10.6 Å². The number of urea groups is 1. The smallest absolute Gasteiger partial charge is 0.333 e. The molecule has 0 spiro atoms. The van der Waals surface area contributed by atoms with Gasteiger partial charge in [0.15, 0.2) is 0 Å². The van der Waals surface area contributed by atoms with E-state index in [1.807, 2.05) is 19.1 Å². The summed E-state index contributed by atoms with van der Waals surface area (Å²) in [6.45, 7) is 1.86. The molecule has 0 saturated heterocycles. The van der Waals surface area contributed by atoms with Crippen molar-refractivity contribution in [2.45, 2.75) is 6.92 Å². The molecule has 0 aliphatic carbocycles. The van der Waals surface area contributed by atoms with Crippen LogP contribution in [0.3, 0.4) is 0 Å². The van der Waals surface area contributed by atoms with Crippen LogP contribution in [-0.2, 0) is 0 Å². The molecule has 0 heterocycles. The van der Waals surface area contributed by atoms with E-state index < -0.39 is 6.03 Å². The highest BCUT2D eigenvalue weighted by molar-refractivity contribution is 5.90. The monoisotopic (exact) mass is 165 g/mol. The number of hydrazine groups is 1. The van der Waals surface area contributed by atoms with Crippen molar-refractivity contribution >= 4 is 11.7 Å². The second-order valence-corrected chi connectivity index (χ2v) is 2.49. The Morgan fingerprint density at radius 3 is 2.50 bits per heavy atom. The van der Waals surface area contributed by atoms with E-state index in [-0.39, 0.29) is 0 Å². The first-order valence-electron chi connectivity index (χ1n) is 3.53. The maximum Gasteiger partial charge on any atom is 0.333 e. The summed E-state index contributed by atoms with van der Waals surface area (Å²) in [5, 5.41) is 0.926. The molecule has 0 aliphatic heterocycles. The van der Waals surface area contributed by atoms with Gasteiger partial charge in [-0.2, -0.15) is 0 Å². The number of carbonyl (C=O) groups excluding carboxylic acids is 1. The molecule has 0 aliphatic rings. The first kappa shape index (κ1) is 8.55. The standard InChI is InChI=1S/C8H11N3O/c1-6-4-2-3-5-7(6)11(10)8(9)12/h2-5H,10H2,1H3,(H2,9,12). The lowest BCUT2D eigenvalue weighted by Crippen LogP contribution is -2.41. The maximum atomic E-state index is 10.7. The summed E-state index contributed by atoms with van der Waals surface area (Å²) in [6.07, 6.45) is 0. The van der Waals surface area contributed by atoms with Gasteiger partial charge in [-0.1, -0.05) is 18.2 Å². The second-order valence-electron chi connectivity index (χ2n) is 2.49. The highest BCUT2D eigenvalue weighted by Gasteiger charge is 2.08. The molecular formula is C8H11N3O. The summed E-state index contributed by atoms with van der Waals surface area (Å²) < 4.78 is 0. The summed E-state index contributed by atoms with van der Waals surface area (Å²) in [5.41, 5.74) is 6.54. The number of benzene rings is 1. The van der Waals surface area contributed by atoms with E-state index in [9.17, 15) is 4.79 Å². The summed E-state index contributed by atoms with van der Waals surface area (Å²) in [5.74, 6) is 5.40. The van der Waals surface area contributed by atoms with Crippen molar-refractivity contribution in [1.82, 2.24) is 0 Å². The van der Waals surface area contributed by atoms with E-state index in [2.05, 4.69) is 0 Å². The predicted molar refractivity (Wildman–Crippen MR) is 47.4 cm³/mol. The highest BCUT2D eigenvalue weighted by atomic mass is 16.2. The van der Waals surface area contributed by atoms with Crippen molar-refractivity contribution in [2.75, 3.05) is 5.01 Å². The molecule has 64 valence electrons. The fourth-order valence-corrected chi connectivity index (χ4v) is 0.952. The van der Waals surface area contributed by atoms with Gasteiger partial charge in [-0.25, -0.2) is 15.6 Å². The molecule has 4 nitrogen and oxygen atoms in total. The number of hydrogen-bond acceptors (Lipinski definition) is 2. The molecule has 1 rings (SSSR count). The quantitative estimate of drug-likeness (QED) is 0.366. The molecule has 0 radical (unpaired) electrons. The Kier molecular flexibility index (Phi) is 2.30. The van der Waals surface area contributed by atoms with E-state index in [1.54, 1.807) is 12.1 Å². The van der Waals surface area contributed by atoms with Crippen molar-refractivity contribution in [3.8, 4) is 0 Å². The topological polar surface area (TPSA) is 72.3 Å². The molecule has 1 aromatic carbocycles. The van der Waals surface area contributed by atoms with Gasteiger partial charge < -0.3 is 5.73 Å². The van der Waals surface area contributed by atoms with Crippen LogP contribution in [0.5, 0.6) is 0 Å². The molecule has 12 heavy (non-hydrogen) atoms. The lowest BCUT2D eigenvalue weighted by atomic mass is 10.2. The number of nitrogens with zero attached hydrogens (tertiary/aromatic N) is 1. The van der Waals surface area contributed by atoms with Crippen LogP contribution in [0.4, 0.5) is 10.5 Å². The van der Waals surface area contributed by atoms with Gasteiger partial charge in [-0.3, -0.25) is 0 Å². The average Bonchev–Trinajstić information content (AvgIpc) is 2.04. The molecule has 4 N–H and O–H groups in total. The first-order valence-corrected chi connectivity index (χ1v) is 3.53. The molecule has 0 aromatic heterocycles. The number of hydrogen-bond donors (Lipinski definition) is 2. The number of carbonyl (C=O) groups is 1. The zero-order valence-electron chi connectivity index (χ0n) is 6.82. The van der Waals surface area contributed by atoms with Gasteiger partial charge in [0.05, 0.1) is 5.69 Å². The second kappa shape index (κ2) is 3.23. The molecule has 0 saturated carbocycles. The lowest BCUT2D eigenvalue weighted by Gasteiger charge is -2.15. The van der Waals surface area contributed by atoms with Crippen LogP contribution in [0.25, 0.3) is 0 Å². The van der Waals surface area contributed by atoms with Crippen LogP contribution in [0.2, 0.25) is 0 Å². The predicted octanol–water partition coefficient (Wildman–Crippen LogP) is 0.754. The highest BCUT2D eigenvalue weighted by Crippen LogP contribution is 2.15. The fraction of sp³-hybridized carbons (Fsp3) is 0.125. The van der Waals surface area contributed by atoms with E-state index >= 15 is 0 Å². The van der Waals surface area contributed by atoms with E-state index in [4.69, 9.17) is 11.6 Å². The van der Waals surface area contributed by atoms with Crippen LogP contribution in [-0.4, -0.2) is 6.03 Å². The molecular weight excluding hydrogens is 154 g/mol. The Bertz CT molecular complexity index is 298. The minimum absolute atomic E-state index is 0.630. The van der Waals surface area contributed by atoms with Gasteiger partial charge in [-0.05, 0) is 18.6 Å². The molecule has 0 atom stereocenters. The van der Waals surface area contributed by atoms with Crippen LogP contribution in [0, 0.1) is 6.92 Å². The fourth-order valence-electron chi connectivity index (χ4n) is 0.952. The molecule has 1 aromatic rings. The van der Waals surface area contributed by atoms with Gasteiger partial charge in [0.25, 0.3) is 0 Å². The number of para-hydroxylation sites is 1. The average molecular weight is 165 g/mol. The Balaban J connectivity index is 3.02. The minimum atomic E-state index is -0.663. The number of amides is 2. The van der Waals surface area contributed by atoms with Gasteiger partial charge in [0.1, 0.15) is 0 Å². The van der Waals surface area contributed by atoms with Crippen LogP contribution >= 0.6 is 0 Å². The van der Waals surface area contributed by atoms with Crippen molar-refractivity contribution in [3.05, 3.63) is 29.8 Å². The summed E-state index contributed by atoms with van der Waals surface area (Å²) in [6, 6.07) is 6.60. The third-order valence-corrected chi connectivity index (χ3v) is 1.61. The number of rotatable bonds is 1. The zero-order valence-corrected chi connectivity index (χ0v) is 6.82. The third-order valence-electron chi connectivity index (χ3n) is 1.61. The van der Waals surface area contributed by atoms with E-state index in [1.165, 1.54) is 0 Å².